The first-order valence-corrected chi connectivity index (χ1v) is 12.8. The minimum absolute atomic E-state index is 0.172. The molecule has 12 heteroatoms. The van der Waals surface area contributed by atoms with Crippen LogP contribution in [0.25, 0.3) is 6.08 Å². The Bertz CT molecular complexity index is 1370. The molecule has 0 radical (unpaired) electrons. The van der Waals surface area contributed by atoms with Gasteiger partial charge in [-0.15, -0.1) is 0 Å². The number of hydrogen-bond donors (Lipinski definition) is 0. The first kappa shape index (κ1) is 24.7. The van der Waals surface area contributed by atoms with E-state index in [1.165, 1.54) is 60.7 Å². The second-order valence-corrected chi connectivity index (χ2v) is 11.7. The number of allylic oxidation sites excluding steroid dienone is 1. The monoisotopic (exact) mass is 502 g/mol. The summed E-state index contributed by atoms with van der Waals surface area (Å²) in [7, 11) is -9.14. The lowest BCUT2D eigenvalue weighted by atomic mass is 10.1. The van der Waals surface area contributed by atoms with Crippen molar-refractivity contribution in [3.63, 3.8) is 0 Å². The molecule has 176 valence electrons. The topological polar surface area (TPSA) is 155 Å². The van der Waals surface area contributed by atoms with Gasteiger partial charge < -0.3 is 0 Å². The molecule has 0 bridgehead atoms. The van der Waals surface area contributed by atoms with Gasteiger partial charge >= 0.3 is 0 Å². The predicted molar refractivity (Wildman–Crippen MR) is 124 cm³/mol. The van der Waals surface area contributed by atoms with Crippen molar-refractivity contribution in [2.24, 2.45) is 0 Å². The van der Waals surface area contributed by atoms with Gasteiger partial charge in [0.25, 0.3) is 5.69 Å². The molecule has 0 aromatic heterocycles. The van der Waals surface area contributed by atoms with E-state index in [1.54, 1.807) is 12.1 Å². The summed E-state index contributed by atoms with van der Waals surface area (Å²) >= 11 is 0. The molecule has 0 aliphatic heterocycles. The molecular weight excluding hydrogens is 484 g/mol. The molecule has 0 aliphatic carbocycles. The van der Waals surface area contributed by atoms with Crippen molar-refractivity contribution in [2.75, 3.05) is 0 Å². The third kappa shape index (κ3) is 5.35. The van der Waals surface area contributed by atoms with E-state index in [2.05, 4.69) is 0 Å². The minimum Gasteiger partial charge on any atom is -0.259 e. The Labute approximate surface area is 195 Å². The maximum atomic E-state index is 13.4. The Morgan fingerprint density at radius 2 is 1.18 bits per heavy atom. The zero-order valence-corrected chi connectivity index (χ0v) is 19.1. The summed E-state index contributed by atoms with van der Waals surface area (Å²) in [6.07, 6.45) is 0.0518. The van der Waals surface area contributed by atoms with Crippen LogP contribution in [0.5, 0.6) is 0 Å². The van der Waals surface area contributed by atoms with Crippen LogP contribution in [0.4, 0.5) is 5.69 Å². The van der Waals surface area contributed by atoms with Gasteiger partial charge in [-0.05, 0) is 42.0 Å². The van der Waals surface area contributed by atoms with E-state index in [4.69, 9.17) is 0 Å². The highest BCUT2D eigenvalue weighted by Gasteiger charge is 2.42. The summed E-state index contributed by atoms with van der Waals surface area (Å²) in [6, 6.07) is 18.4. The van der Waals surface area contributed by atoms with Crippen LogP contribution < -0.4 is 0 Å². The quantitative estimate of drug-likeness (QED) is 0.315. The lowest BCUT2D eigenvalue weighted by molar-refractivity contribution is -0.425. The van der Waals surface area contributed by atoms with E-state index in [9.17, 15) is 37.1 Å². The van der Waals surface area contributed by atoms with E-state index in [-0.39, 0.29) is 21.0 Å². The number of sulfone groups is 2. The second kappa shape index (κ2) is 9.93. The molecule has 0 saturated carbocycles. The fraction of sp³-hybridized carbons (Fsp3) is 0.0909. The number of benzene rings is 3. The van der Waals surface area contributed by atoms with Gasteiger partial charge in [0, 0.05) is 18.2 Å². The number of nitro benzene ring substituents is 1. The Hall–Kier alpha value is -3.90. The Morgan fingerprint density at radius 3 is 1.56 bits per heavy atom. The SMILES string of the molecule is O=[N+]([O-])/C(=C/c1ccc([N+](=O)[O-])cc1)CC(S(=O)(=O)c1ccccc1)S(=O)(=O)c1ccccc1. The Kier molecular flexibility index (Phi) is 7.23. The summed E-state index contributed by atoms with van der Waals surface area (Å²) in [5.41, 5.74) is -0.751. The second-order valence-electron chi connectivity index (χ2n) is 7.09. The average Bonchev–Trinajstić information content (AvgIpc) is 2.82. The van der Waals surface area contributed by atoms with Gasteiger partial charge in [-0.3, -0.25) is 20.2 Å². The van der Waals surface area contributed by atoms with Crippen LogP contribution in [-0.4, -0.2) is 31.3 Å². The number of nitrogens with zero attached hydrogens (tertiary/aromatic N) is 2. The van der Waals surface area contributed by atoms with Gasteiger partial charge in [0.1, 0.15) is 0 Å². The van der Waals surface area contributed by atoms with Gasteiger partial charge in [-0.2, -0.15) is 0 Å². The van der Waals surface area contributed by atoms with Crippen LogP contribution in [0.15, 0.2) is 100 Å². The number of nitro groups is 2. The highest BCUT2D eigenvalue weighted by atomic mass is 32.3. The number of non-ortho nitro benzene ring substituents is 1. The van der Waals surface area contributed by atoms with Crippen LogP contribution in [0.3, 0.4) is 0 Å². The van der Waals surface area contributed by atoms with E-state index in [0.717, 1.165) is 18.2 Å². The molecule has 0 heterocycles. The first-order chi connectivity index (χ1) is 16.0. The Morgan fingerprint density at radius 1 is 0.735 bits per heavy atom. The summed E-state index contributed by atoms with van der Waals surface area (Å²) in [4.78, 5) is 20.5. The largest absolute Gasteiger partial charge is 0.269 e. The zero-order valence-electron chi connectivity index (χ0n) is 17.4. The molecule has 0 atom stereocenters. The lowest BCUT2D eigenvalue weighted by Crippen LogP contribution is -2.32. The fourth-order valence-electron chi connectivity index (χ4n) is 3.15. The zero-order chi connectivity index (χ0) is 24.9. The van der Waals surface area contributed by atoms with Gasteiger partial charge in [0.15, 0.2) is 24.3 Å². The third-order valence-corrected chi connectivity index (χ3v) is 9.98. The molecule has 34 heavy (non-hydrogen) atoms. The van der Waals surface area contributed by atoms with Crippen LogP contribution in [-0.2, 0) is 19.7 Å². The van der Waals surface area contributed by atoms with Crippen molar-refractivity contribution in [2.45, 2.75) is 20.8 Å². The standard InChI is InChI=1S/C22H18N2O8S2/c25-23(26)18-13-11-17(12-14-18)15-19(24(27)28)16-22(33(29,30)20-7-3-1-4-8-20)34(31,32)21-9-5-2-6-10-21/h1-15,22H,16H2/b19-15+. The van der Waals surface area contributed by atoms with E-state index in [0.29, 0.717) is 0 Å². The van der Waals surface area contributed by atoms with Gasteiger partial charge in [-0.25, -0.2) is 16.8 Å². The third-order valence-electron chi connectivity index (χ3n) is 4.88. The molecule has 0 amide bonds. The van der Waals surface area contributed by atoms with Crippen LogP contribution >= 0.6 is 0 Å². The Balaban J connectivity index is 2.13. The van der Waals surface area contributed by atoms with Crippen LogP contribution in [0, 0.1) is 20.2 Å². The molecule has 0 saturated heterocycles. The molecule has 0 unspecified atom stereocenters. The smallest absolute Gasteiger partial charge is 0.259 e. The molecular formula is C22H18N2O8S2. The molecule has 3 aromatic carbocycles. The fourth-order valence-corrected chi connectivity index (χ4v) is 7.61. The van der Waals surface area contributed by atoms with Gasteiger partial charge in [0.2, 0.25) is 5.70 Å². The van der Waals surface area contributed by atoms with Crippen LogP contribution in [0.2, 0.25) is 0 Å². The highest BCUT2D eigenvalue weighted by molar-refractivity contribution is 8.09. The minimum atomic E-state index is -4.57. The molecule has 3 rings (SSSR count). The van der Waals surface area contributed by atoms with Crippen molar-refractivity contribution in [3.8, 4) is 0 Å². The van der Waals surface area contributed by atoms with Crippen molar-refractivity contribution in [1.29, 1.82) is 0 Å². The molecule has 0 fully saturated rings. The maximum Gasteiger partial charge on any atom is 0.269 e. The average molecular weight is 503 g/mol. The lowest BCUT2D eigenvalue weighted by Gasteiger charge is -2.18. The summed E-state index contributed by atoms with van der Waals surface area (Å²) < 4.78 is 51.3. The van der Waals surface area contributed by atoms with Crippen molar-refractivity contribution < 1.29 is 26.7 Å². The van der Waals surface area contributed by atoms with E-state index < -0.39 is 46.2 Å². The summed E-state index contributed by atoms with van der Waals surface area (Å²) in [5.74, 6) is 0. The van der Waals surface area contributed by atoms with Gasteiger partial charge in [-0.1, -0.05) is 36.4 Å². The van der Waals surface area contributed by atoms with Crippen molar-refractivity contribution >= 4 is 31.4 Å². The predicted octanol–water partition coefficient (Wildman–Crippen LogP) is 3.88. The first-order valence-electron chi connectivity index (χ1n) is 9.71. The highest BCUT2D eigenvalue weighted by Crippen LogP contribution is 2.31. The van der Waals surface area contributed by atoms with Crippen molar-refractivity contribution in [3.05, 3.63) is 116 Å². The molecule has 0 aliphatic rings. The van der Waals surface area contributed by atoms with Crippen molar-refractivity contribution in [1.82, 2.24) is 0 Å². The normalized spacial score (nSPS) is 12.4. The number of hydrogen-bond acceptors (Lipinski definition) is 8. The molecule has 10 nitrogen and oxygen atoms in total. The molecule has 0 N–H and O–H groups in total. The summed E-state index contributed by atoms with van der Waals surface area (Å²) in [6.45, 7) is 0. The maximum absolute atomic E-state index is 13.4. The van der Waals surface area contributed by atoms with Crippen LogP contribution in [0.1, 0.15) is 12.0 Å². The molecule has 0 spiro atoms. The number of rotatable bonds is 9. The molecule has 3 aromatic rings. The van der Waals surface area contributed by atoms with Gasteiger partial charge in [0.05, 0.1) is 26.1 Å². The van der Waals surface area contributed by atoms with E-state index in [1.807, 2.05) is 0 Å². The summed E-state index contributed by atoms with van der Waals surface area (Å²) in [5, 5.41) is 22.6. The van der Waals surface area contributed by atoms with E-state index >= 15 is 0 Å².